The number of pyridine rings is 1. The number of aliphatic carboxylic acids is 1. The van der Waals surface area contributed by atoms with Crippen molar-refractivity contribution in [3.05, 3.63) is 71.2 Å². The topological polar surface area (TPSA) is 119 Å². The Hall–Kier alpha value is -3.66. The second kappa shape index (κ2) is 9.07. The minimum Gasteiger partial charge on any atom is -0.482 e. The number of allylic oxidation sites excluding steroid dienone is 2. The summed E-state index contributed by atoms with van der Waals surface area (Å²) in [6.45, 7) is -0.475. The molecular weight excluding hydrogens is 442 g/mol. The van der Waals surface area contributed by atoms with Gasteiger partial charge in [0.15, 0.2) is 12.4 Å². The Kier molecular flexibility index (Phi) is 5.82. The summed E-state index contributed by atoms with van der Waals surface area (Å²) in [4.78, 5) is 33.1. The fraction of sp³-hybridized carbons (Fsp3) is 0.261. The summed E-state index contributed by atoms with van der Waals surface area (Å²) in [5.74, 6) is 0.537. The molecule has 3 heterocycles. The zero-order valence-corrected chi connectivity index (χ0v) is 18.4. The van der Waals surface area contributed by atoms with Gasteiger partial charge in [-0.1, -0.05) is 36.0 Å². The monoisotopic (exact) mass is 463 g/mol. The quantitative estimate of drug-likeness (QED) is 0.508. The first kappa shape index (κ1) is 21.2. The van der Waals surface area contributed by atoms with Gasteiger partial charge in [0.05, 0.1) is 5.69 Å². The number of ketones is 1. The van der Waals surface area contributed by atoms with Gasteiger partial charge in [-0.25, -0.2) is 9.48 Å². The predicted octanol–water partition coefficient (Wildman–Crippen LogP) is 3.45. The van der Waals surface area contributed by atoms with Gasteiger partial charge in [0, 0.05) is 35.2 Å². The molecule has 0 unspecified atom stereocenters. The van der Waals surface area contributed by atoms with Gasteiger partial charge in [-0.2, -0.15) is 4.98 Å². The molecule has 10 heteroatoms. The largest absolute Gasteiger partial charge is 0.482 e. The minimum atomic E-state index is -1.07. The number of carboxylic acids is 1. The molecule has 9 nitrogen and oxygen atoms in total. The number of rotatable bonds is 7. The minimum absolute atomic E-state index is 0.0469. The molecule has 0 radical (unpaired) electrons. The summed E-state index contributed by atoms with van der Waals surface area (Å²) in [5.41, 5.74) is 3.06. The number of hydrogen-bond acceptors (Lipinski definition) is 8. The van der Waals surface area contributed by atoms with Crippen LogP contribution in [0.15, 0.2) is 65.1 Å². The number of hydrogen-bond donors (Lipinski definition) is 2. The fourth-order valence-electron chi connectivity index (χ4n) is 4.08. The molecule has 0 amide bonds. The van der Waals surface area contributed by atoms with Crippen molar-refractivity contribution < 1.29 is 19.4 Å². The summed E-state index contributed by atoms with van der Waals surface area (Å²) in [6.07, 6.45) is 3.71. The van der Waals surface area contributed by atoms with Gasteiger partial charge >= 0.3 is 5.97 Å². The number of carboxylic acid groups (broad SMARTS) is 1. The number of carbonyl (C=O) groups excluding carboxylic acids is 1. The van der Waals surface area contributed by atoms with Gasteiger partial charge in [0.2, 0.25) is 11.1 Å². The van der Waals surface area contributed by atoms with Crippen molar-refractivity contribution in [2.75, 3.05) is 11.9 Å². The van der Waals surface area contributed by atoms with Gasteiger partial charge in [0.1, 0.15) is 11.8 Å². The van der Waals surface area contributed by atoms with Crippen LogP contribution < -0.4 is 10.1 Å². The molecule has 2 aromatic heterocycles. The third kappa shape index (κ3) is 4.34. The van der Waals surface area contributed by atoms with E-state index >= 15 is 0 Å². The normalized spacial score (nSPS) is 17.2. The molecule has 0 saturated heterocycles. The highest BCUT2D eigenvalue weighted by molar-refractivity contribution is 7.98. The van der Waals surface area contributed by atoms with Crippen molar-refractivity contribution >= 4 is 29.5 Å². The Morgan fingerprint density at radius 1 is 1.21 bits per heavy atom. The van der Waals surface area contributed by atoms with Crippen molar-refractivity contribution in [2.24, 2.45) is 0 Å². The average Bonchev–Trinajstić information content (AvgIpc) is 3.24. The van der Waals surface area contributed by atoms with Crippen LogP contribution >= 0.6 is 11.8 Å². The van der Waals surface area contributed by atoms with Crippen LogP contribution in [-0.4, -0.2) is 43.2 Å². The number of anilines is 1. The van der Waals surface area contributed by atoms with E-state index in [0.29, 0.717) is 40.2 Å². The van der Waals surface area contributed by atoms with Gasteiger partial charge < -0.3 is 15.2 Å². The van der Waals surface area contributed by atoms with Crippen molar-refractivity contribution in [3.63, 3.8) is 0 Å². The van der Waals surface area contributed by atoms with Gasteiger partial charge in [-0.15, -0.1) is 5.10 Å². The zero-order valence-electron chi connectivity index (χ0n) is 17.6. The number of aromatic nitrogens is 4. The molecule has 33 heavy (non-hydrogen) atoms. The molecule has 0 fully saturated rings. The van der Waals surface area contributed by atoms with Crippen LogP contribution in [0.5, 0.6) is 5.75 Å². The Morgan fingerprint density at radius 2 is 2.06 bits per heavy atom. The van der Waals surface area contributed by atoms with Crippen LogP contribution in [-0.2, 0) is 15.3 Å². The summed E-state index contributed by atoms with van der Waals surface area (Å²) in [7, 11) is 0. The number of carbonyl (C=O) groups is 2. The number of benzene rings is 1. The third-order valence-electron chi connectivity index (χ3n) is 5.49. The lowest BCUT2D eigenvalue weighted by Crippen LogP contribution is -2.32. The van der Waals surface area contributed by atoms with E-state index in [9.17, 15) is 9.59 Å². The summed E-state index contributed by atoms with van der Waals surface area (Å²) in [6, 6.07) is 12.4. The zero-order chi connectivity index (χ0) is 22.8. The van der Waals surface area contributed by atoms with Crippen LogP contribution in [0, 0.1) is 0 Å². The molecule has 1 aromatic carbocycles. The maximum atomic E-state index is 13.0. The van der Waals surface area contributed by atoms with Crippen molar-refractivity contribution in [3.8, 4) is 5.75 Å². The van der Waals surface area contributed by atoms with E-state index in [0.717, 1.165) is 24.2 Å². The standard InChI is InChI=1S/C23H21N5O4S/c29-17-9-5-8-16-20(17)21(15-7-1-2-10-18(15)32-12-19(30)31)28-22(25-16)26-23(27-28)33-13-14-6-3-4-11-24-14/h1-4,6-7,10-11,21H,5,8-9,12-13H2,(H,30,31)(H,25,26,27)/t21-/m1/s1. The van der Waals surface area contributed by atoms with E-state index in [1.54, 1.807) is 23.0 Å². The molecule has 3 aromatic rings. The van der Waals surface area contributed by atoms with E-state index in [-0.39, 0.29) is 5.78 Å². The number of ether oxygens (including phenoxy) is 1. The predicted molar refractivity (Wildman–Crippen MR) is 121 cm³/mol. The second-order valence-electron chi connectivity index (χ2n) is 7.69. The lowest BCUT2D eigenvalue weighted by molar-refractivity contribution is -0.139. The molecule has 1 aliphatic heterocycles. The highest BCUT2D eigenvalue weighted by Gasteiger charge is 2.38. The number of Topliss-reactive ketones (excluding diaryl/α,β-unsaturated/α-hetero) is 1. The molecule has 0 saturated carbocycles. The summed E-state index contributed by atoms with van der Waals surface area (Å²) >= 11 is 1.46. The molecule has 0 bridgehead atoms. The highest BCUT2D eigenvalue weighted by atomic mass is 32.2. The lowest BCUT2D eigenvalue weighted by atomic mass is 9.85. The number of thioether (sulfide) groups is 1. The second-order valence-corrected chi connectivity index (χ2v) is 8.63. The van der Waals surface area contributed by atoms with Crippen LogP contribution in [0.2, 0.25) is 0 Å². The van der Waals surface area contributed by atoms with Gasteiger partial charge in [-0.05, 0) is 31.0 Å². The van der Waals surface area contributed by atoms with Crippen molar-refractivity contribution in [2.45, 2.75) is 36.2 Å². The smallest absolute Gasteiger partial charge is 0.341 e. The number of fused-ring (bicyclic) bond motifs is 1. The molecule has 2 N–H and O–H groups in total. The molecule has 5 rings (SSSR count). The highest BCUT2D eigenvalue weighted by Crippen LogP contribution is 2.43. The Bertz CT molecular complexity index is 1240. The van der Waals surface area contributed by atoms with E-state index in [1.165, 1.54) is 11.8 Å². The molecular formula is C23H21N5O4S. The summed E-state index contributed by atoms with van der Waals surface area (Å²) in [5, 5.41) is 17.7. The Morgan fingerprint density at radius 3 is 2.88 bits per heavy atom. The number of nitrogens with one attached hydrogen (secondary N) is 1. The average molecular weight is 464 g/mol. The summed E-state index contributed by atoms with van der Waals surface area (Å²) < 4.78 is 7.27. The Balaban J connectivity index is 1.53. The van der Waals surface area contributed by atoms with E-state index in [4.69, 9.17) is 14.9 Å². The molecule has 168 valence electrons. The Labute approximate surface area is 193 Å². The van der Waals surface area contributed by atoms with Gasteiger partial charge in [0.25, 0.3) is 0 Å². The first-order chi connectivity index (χ1) is 16.1. The van der Waals surface area contributed by atoms with Crippen LogP contribution in [0.4, 0.5) is 5.95 Å². The van der Waals surface area contributed by atoms with Gasteiger partial charge in [-0.3, -0.25) is 9.78 Å². The first-order valence-corrected chi connectivity index (χ1v) is 11.5. The number of nitrogens with zero attached hydrogens (tertiary/aromatic N) is 4. The van der Waals surface area contributed by atoms with Crippen molar-refractivity contribution in [1.82, 2.24) is 19.7 Å². The maximum absolute atomic E-state index is 13.0. The van der Waals surface area contributed by atoms with Crippen LogP contribution in [0.25, 0.3) is 0 Å². The SMILES string of the molecule is O=C(O)COc1ccccc1[C@@H]1C2=C(CCCC2=O)Nc2nc(SCc3ccccn3)nn21. The lowest BCUT2D eigenvalue weighted by Gasteiger charge is -2.32. The van der Waals surface area contributed by atoms with Crippen molar-refractivity contribution in [1.29, 1.82) is 0 Å². The first-order valence-electron chi connectivity index (χ1n) is 10.6. The molecule has 2 aliphatic rings. The number of para-hydroxylation sites is 1. The van der Waals surface area contributed by atoms with E-state index < -0.39 is 18.6 Å². The molecule has 1 aliphatic carbocycles. The van der Waals surface area contributed by atoms with E-state index in [1.807, 2.05) is 30.3 Å². The molecule has 1 atom stereocenters. The third-order valence-corrected chi connectivity index (χ3v) is 6.36. The van der Waals surface area contributed by atoms with E-state index in [2.05, 4.69) is 15.3 Å². The van der Waals surface area contributed by atoms with Crippen LogP contribution in [0.3, 0.4) is 0 Å². The molecule has 0 spiro atoms. The maximum Gasteiger partial charge on any atom is 0.341 e. The van der Waals surface area contributed by atoms with Crippen LogP contribution in [0.1, 0.15) is 36.6 Å². The fourth-order valence-corrected chi connectivity index (χ4v) is 4.83.